The van der Waals surface area contributed by atoms with E-state index in [-0.39, 0.29) is 18.5 Å². The summed E-state index contributed by atoms with van der Waals surface area (Å²) in [6.45, 7) is 4.53. The number of benzene rings is 1. The van der Waals surface area contributed by atoms with Crippen molar-refractivity contribution < 1.29 is 13.2 Å². The van der Waals surface area contributed by atoms with Crippen LogP contribution >= 0.6 is 11.6 Å². The van der Waals surface area contributed by atoms with Gasteiger partial charge in [0.1, 0.15) is 0 Å². The number of carbonyl (C=O) groups is 1. The van der Waals surface area contributed by atoms with Gasteiger partial charge in [0.2, 0.25) is 15.9 Å². The van der Waals surface area contributed by atoms with Crippen molar-refractivity contribution in [3.05, 3.63) is 34.9 Å². The van der Waals surface area contributed by atoms with E-state index in [1.807, 2.05) is 36.1 Å². The van der Waals surface area contributed by atoms with Crippen molar-refractivity contribution in [3.8, 4) is 0 Å². The predicted molar refractivity (Wildman–Crippen MR) is 100 cm³/mol. The monoisotopic (exact) mass is 387 g/mol. The van der Waals surface area contributed by atoms with E-state index in [1.54, 1.807) is 0 Å². The van der Waals surface area contributed by atoms with Gasteiger partial charge in [0, 0.05) is 24.7 Å². The largest absolute Gasteiger partial charge is 0.348 e. The summed E-state index contributed by atoms with van der Waals surface area (Å²) in [7, 11) is -3.17. The van der Waals surface area contributed by atoms with E-state index in [2.05, 4.69) is 5.32 Å². The van der Waals surface area contributed by atoms with Gasteiger partial charge in [0.15, 0.2) is 0 Å². The van der Waals surface area contributed by atoms with Gasteiger partial charge in [-0.05, 0) is 37.1 Å². The van der Waals surface area contributed by atoms with Crippen LogP contribution in [0.4, 0.5) is 0 Å². The molecule has 0 spiro atoms. The Morgan fingerprint density at radius 3 is 2.48 bits per heavy atom. The number of sulfonamides is 1. The highest BCUT2D eigenvalue weighted by molar-refractivity contribution is 7.88. The van der Waals surface area contributed by atoms with E-state index >= 15 is 0 Å². The highest BCUT2D eigenvalue weighted by Gasteiger charge is 2.23. The highest BCUT2D eigenvalue weighted by Crippen LogP contribution is 2.19. The molecule has 25 heavy (non-hydrogen) atoms. The Morgan fingerprint density at radius 1 is 1.20 bits per heavy atom. The summed E-state index contributed by atoms with van der Waals surface area (Å²) in [5.41, 5.74) is 1.03. The lowest BCUT2D eigenvalue weighted by Crippen LogP contribution is -2.41. The van der Waals surface area contributed by atoms with E-state index in [1.165, 1.54) is 10.6 Å². The van der Waals surface area contributed by atoms with Crippen molar-refractivity contribution in [1.82, 2.24) is 14.5 Å². The number of nitrogens with zero attached hydrogens (tertiary/aromatic N) is 2. The Labute approximate surface area is 155 Å². The van der Waals surface area contributed by atoms with Crippen molar-refractivity contribution in [2.75, 3.05) is 39.0 Å². The second-order valence-corrected chi connectivity index (χ2v) is 8.79. The molecule has 1 N–H and O–H groups in total. The van der Waals surface area contributed by atoms with E-state index in [4.69, 9.17) is 11.6 Å². The molecular weight excluding hydrogens is 362 g/mol. The highest BCUT2D eigenvalue weighted by atomic mass is 35.5. The van der Waals surface area contributed by atoms with Gasteiger partial charge in [0.05, 0.1) is 18.8 Å². The Bertz CT molecular complexity index is 679. The third-order valence-electron chi connectivity index (χ3n) is 4.40. The molecule has 0 aromatic heterocycles. The molecule has 1 aromatic carbocycles. The minimum Gasteiger partial charge on any atom is -0.348 e. The minimum absolute atomic E-state index is 0.0467. The molecule has 1 heterocycles. The predicted octanol–water partition coefficient (Wildman–Crippen LogP) is 1.87. The number of carbonyl (C=O) groups excluding carboxylic acids is 1. The van der Waals surface area contributed by atoms with Crippen LogP contribution in [-0.2, 0) is 14.8 Å². The quantitative estimate of drug-likeness (QED) is 0.809. The molecule has 0 unspecified atom stereocenters. The first kappa shape index (κ1) is 20.2. The third kappa shape index (κ3) is 6.26. The molecule has 1 amide bonds. The van der Waals surface area contributed by atoms with Crippen molar-refractivity contribution in [3.63, 3.8) is 0 Å². The van der Waals surface area contributed by atoms with E-state index in [0.717, 1.165) is 24.9 Å². The SMILES string of the molecule is CC[C@H](NC(=O)CN1CCCN(S(C)(=O)=O)CC1)c1ccc(Cl)cc1. The Balaban J connectivity index is 1.89. The summed E-state index contributed by atoms with van der Waals surface area (Å²) in [6.07, 6.45) is 2.75. The Hall–Kier alpha value is -1.15. The number of hydrogen-bond donors (Lipinski definition) is 1. The van der Waals surface area contributed by atoms with Crippen molar-refractivity contribution in [2.45, 2.75) is 25.8 Å². The molecule has 1 atom stereocenters. The summed E-state index contributed by atoms with van der Waals surface area (Å²) in [4.78, 5) is 14.4. The zero-order valence-corrected chi connectivity index (χ0v) is 16.3. The normalized spacial score (nSPS) is 18.5. The van der Waals surface area contributed by atoms with Crippen LogP contribution in [0.5, 0.6) is 0 Å². The first-order chi connectivity index (χ1) is 11.8. The van der Waals surface area contributed by atoms with Gasteiger partial charge in [-0.2, -0.15) is 0 Å². The Kier molecular flexibility index (Phi) is 7.25. The first-order valence-corrected chi connectivity index (χ1v) is 10.7. The van der Waals surface area contributed by atoms with Crippen LogP contribution in [0, 0.1) is 0 Å². The molecule has 0 saturated carbocycles. The molecule has 1 aliphatic heterocycles. The third-order valence-corrected chi connectivity index (χ3v) is 5.95. The van der Waals surface area contributed by atoms with Gasteiger partial charge in [-0.15, -0.1) is 0 Å². The summed E-state index contributed by atoms with van der Waals surface area (Å²) >= 11 is 5.91. The van der Waals surface area contributed by atoms with Gasteiger partial charge in [-0.25, -0.2) is 12.7 Å². The number of rotatable bonds is 6. The lowest BCUT2D eigenvalue weighted by molar-refractivity contribution is -0.123. The molecule has 1 aliphatic rings. The average molecular weight is 388 g/mol. The molecule has 0 radical (unpaired) electrons. The average Bonchev–Trinajstić information content (AvgIpc) is 2.79. The smallest absolute Gasteiger partial charge is 0.234 e. The molecular formula is C17H26ClN3O3S. The second kappa shape index (κ2) is 8.98. The van der Waals surface area contributed by atoms with E-state index < -0.39 is 10.0 Å². The summed E-state index contributed by atoms with van der Waals surface area (Å²) in [5.74, 6) is -0.0467. The summed E-state index contributed by atoms with van der Waals surface area (Å²) < 4.78 is 24.8. The minimum atomic E-state index is -3.17. The van der Waals surface area contributed by atoms with Gasteiger partial charge < -0.3 is 5.32 Å². The fourth-order valence-electron chi connectivity index (χ4n) is 3.00. The molecule has 2 rings (SSSR count). The van der Waals surface area contributed by atoms with Crippen molar-refractivity contribution in [2.24, 2.45) is 0 Å². The lowest BCUT2D eigenvalue weighted by atomic mass is 10.0. The van der Waals surface area contributed by atoms with E-state index in [9.17, 15) is 13.2 Å². The maximum atomic E-state index is 12.4. The topological polar surface area (TPSA) is 69.7 Å². The standard InChI is InChI=1S/C17H26ClN3O3S/c1-3-16(14-5-7-15(18)8-6-14)19-17(22)13-20-9-4-10-21(12-11-20)25(2,23)24/h5-8,16H,3-4,9-13H2,1-2H3,(H,19,22)/t16-/m0/s1. The van der Waals surface area contributed by atoms with Crippen LogP contribution < -0.4 is 5.32 Å². The molecule has 1 aromatic rings. The van der Waals surface area contributed by atoms with Crippen LogP contribution in [0.25, 0.3) is 0 Å². The fourth-order valence-corrected chi connectivity index (χ4v) is 4.00. The van der Waals surface area contributed by atoms with Crippen LogP contribution in [-0.4, -0.2) is 62.5 Å². The van der Waals surface area contributed by atoms with Crippen LogP contribution in [0.2, 0.25) is 5.02 Å². The van der Waals surface area contributed by atoms with Gasteiger partial charge in [-0.1, -0.05) is 30.7 Å². The summed E-state index contributed by atoms with van der Waals surface area (Å²) in [6, 6.07) is 7.43. The number of hydrogen-bond acceptors (Lipinski definition) is 4. The maximum Gasteiger partial charge on any atom is 0.234 e. The molecule has 1 fully saturated rings. The number of halogens is 1. The van der Waals surface area contributed by atoms with Gasteiger partial charge in [0.25, 0.3) is 0 Å². The van der Waals surface area contributed by atoms with Gasteiger partial charge in [-0.3, -0.25) is 9.69 Å². The second-order valence-electron chi connectivity index (χ2n) is 6.37. The molecule has 0 aliphatic carbocycles. The van der Waals surface area contributed by atoms with Gasteiger partial charge >= 0.3 is 0 Å². The molecule has 0 bridgehead atoms. The number of amides is 1. The van der Waals surface area contributed by atoms with Crippen molar-refractivity contribution >= 4 is 27.5 Å². The summed E-state index contributed by atoms with van der Waals surface area (Å²) in [5, 5.41) is 3.73. The Morgan fingerprint density at radius 2 is 1.88 bits per heavy atom. The molecule has 1 saturated heterocycles. The molecule has 8 heteroatoms. The van der Waals surface area contributed by atoms with Crippen LogP contribution in [0.15, 0.2) is 24.3 Å². The van der Waals surface area contributed by atoms with Crippen LogP contribution in [0.1, 0.15) is 31.4 Å². The molecule has 6 nitrogen and oxygen atoms in total. The number of nitrogens with one attached hydrogen (secondary N) is 1. The van der Waals surface area contributed by atoms with E-state index in [0.29, 0.717) is 24.7 Å². The fraction of sp³-hybridized carbons (Fsp3) is 0.588. The zero-order valence-electron chi connectivity index (χ0n) is 14.7. The lowest BCUT2D eigenvalue weighted by Gasteiger charge is -2.23. The maximum absolute atomic E-state index is 12.4. The van der Waals surface area contributed by atoms with Crippen LogP contribution in [0.3, 0.4) is 0 Å². The first-order valence-electron chi connectivity index (χ1n) is 8.52. The van der Waals surface area contributed by atoms with Crippen molar-refractivity contribution in [1.29, 1.82) is 0 Å². The zero-order chi connectivity index (χ0) is 18.4. The molecule has 140 valence electrons.